The average molecular weight is 611 g/mol. The highest BCUT2D eigenvalue weighted by atomic mass is 16.4. The van der Waals surface area contributed by atoms with Crippen molar-refractivity contribution >= 4 is 17.9 Å². The van der Waals surface area contributed by atoms with E-state index < -0.39 is 35.7 Å². The third-order valence-corrected chi connectivity index (χ3v) is 9.27. The molecule has 0 aliphatic heterocycles. The summed E-state index contributed by atoms with van der Waals surface area (Å²) < 4.78 is 0.612. The molecule has 0 radical (unpaired) electrons. The van der Waals surface area contributed by atoms with Crippen LogP contribution in [0, 0.1) is 17.8 Å². The van der Waals surface area contributed by atoms with Crippen molar-refractivity contribution in [2.75, 3.05) is 26.2 Å². The second-order valence-electron chi connectivity index (χ2n) is 13.3. The van der Waals surface area contributed by atoms with Crippen LogP contribution in [0.5, 0.6) is 0 Å². The molecule has 0 bridgehead atoms. The quantitative estimate of drug-likeness (QED) is 0.0410. The van der Waals surface area contributed by atoms with Crippen molar-refractivity contribution in [3.63, 3.8) is 0 Å². The molecule has 0 rings (SSSR count). The Balaban J connectivity index is 4.46. The number of hydrogen-bond donors (Lipinski definition) is 3. The molecular formula is C36H68NO6+. The first-order valence-electron chi connectivity index (χ1n) is 17.7. The lowest BCUT2D eigenvalue weighted by Gasteiger charge is -2.40. The number of rotatable bonds is 31. The highest BCUT2D eigenvalue weighted by Crippen LogP contribution is 2.22. The Morgan fingerprint density at radius 2 is 0.791 bits per heavy atom. The Morgan fingerprint density at radius 3 is 1.12 bits per heavy atom. The molecule has 0 aromatic heterocycles. The number of quaternary nitrogens is 1. The summed E-state index contributed by atoms with van der Waals surface area (Å²) in [4.78, 5) is 34.5. The van der Waals surface area contributed by atoms with Gasteiger partial charge in [0.05, 0.1) is 43.9 Å². The molecule has 0 aromatic carbocycles. The summed E-state index contributed by atoms with van der Waals surface area (Å²) in [5.74, 6) is -3.91. The van der Waals surface area contributed by atoms with Crippen molar-refractivity contribution in [2.24, 2.45) is 17.8 Å². The molecule has 0 aromatic rings. The Kier molecular flexibility index (Phi) is 25.3. The van der Waals surface area contributed by atoms with Crippen LogP contribution in [-0.4, -0.2) is 63.9 Å². The number of carboxylic acid groups (broad SMARTS) is 3. The van der Waals surface area contributed by atoms with Crippen LogP contribution in [0.15, 0.2) is 12.2 Å². The Labute approximate surface area is 264 Å². The van der Waals surface area contributed by atoms with Crippen molar-refractivity contribution in [1.29, 1.82) is 0 Å². The standard InChI is InChI=1S/C36H67NO6/c1-5-6-7-8-9-10-11-12-13-14-15-16-17-18-19-20-21-22-23-27-37(28-24-31(2)34(38)39,29-25-32(3)35(40)41)30-26-33(4)36(42)43/h11-12,31-33H,5-10,13-30H2,1-4H3,(H2-,38,39,40,41,42,43)/p+1/b12-11+. The SMILES string of the molecule is CCCCCCC/C=C/CCCCCCCCCCCC[N+](CCC(C)C(=O)O)(CCC(C)C(=O)O)CCC(C)C(=O)O. The fourth-order valence-corrected chi connectivity index (χ4v) is 5.67. The van der Waals surface area contributed by atoms with Gasteiger partial charge in [0.1, 0.15) is 0 Å². The van der Waals surface area contributed by atoms with Gasteiger partial charge in [-0.15, -0.1) is 0 Å². The molecule has 0 saturated heterocycles. The minimum absolute atomic E-state index is 0.479. The number of aliphatic carboxylic acids is 3. The molecule has 7 heteroatoms. The predicted octanol–water partition coefficient (Wildman–Crippen LogP) is 9.34. The Morgan fingerprint density at radius 1 is 0.488 bits per heavy atom. The molecule has 0 fully saturated rings. The summed E-state index contributed by atoms with van der Waals surface area (Å²) in [5.41, 5.74) is 0. The Hall–Kier alpha value is -1.89. The van der Waals surface area contributed by atoms with Crippen LogP contribution in [0.25, 0.3) is 0 Å². The van der Waals surface area contributed by atoms with E-state index in [2.05, 4.69) is 19.1 Å². The van der Waals surface area contributed by atoms with Gasteiger partial charge in [-0.05, 0) is 38.5 Å². The number of unbranched alkanes of at least 4 members (excludes halogenated alkanes) is 15. The summed E-state index contributed by atoms with van der Waals surface area (Å²) in [6.07, 6.45) is 27.8. The lowest BCUT2D eigenvalue weighted by Crippen LogP contribution is -2.52. The van der Waals surface area contributed by atoms with E-state index in [0.29, 0.717) is 43.4 Å². The molecule has 0 spiro atoms. The van der Waals surface area contributed by atoms with Gasteiger partial charge in [0.25, 0.3) is 0 Å². The molecule has 0 saturated carbocycles. The van der Waals surface area contributed by atoms with Crippen LogP contribution >= 0.6 is 0 Å². The summed E-state index contributed by atoms with van der Waals surface area (Å²) in [7, 11) is 0. The maximum absolute atomic E-state index is 11.5. The van der Waals surface area contributed by atoms with Crippen molar-refractivity contribution in [1.82, 2.24) is 0 Å². The minimum Gasteiger partial charge on any atom is -0.481 e. The van der Waals surface area contributed by atoms with Gasteiger partial charge >= 0.3 is 17.9 Å². The second-order valence-corrected chi connectivity index (χ2v) is 13.3. The van der Waals surface area contributed by atoms with Crippen LogP contribution in [0.3, 0.4) is 0 Å². The minimum atomic E-state index is -0.823. The van der Waals surface area contributed by atoms with Gasteiger partial charge in [-0.3, -0.25) is 14.4 Å². The Bertz CT molecular complexity index is 692. The van der Waals surface area contributed by atoms with Crippen LogP contribution in [-0.2, 0) is 14.4 Å². The molecule has 0 aliphatic carbocycles. The predicted molar refractivity (Wildman–Crippen MR) is 177 cm³/mol. The van der Waals surface area contributed by atoms with Gasteiger partial charge in [-0.1, -0.05) is 110 Å². The smallest absolute Gasteiger partial charge is 0.306 e. The van der Waals surface area contributed by atoms with Gasteiger partial charge in [0.2, 0.25) is 0 Å². The van der Waals surface area contributed by atoms with Gasteiger partial charge < -0.3 is 19.8 Å². The maximum atomic E-state index is 11.5. The molecular weight excluding hydrogens is 542 g/mol. The van der Waals surface area contributed by atoms with Gasteiger partial charge in [-0.2, -0.15) is 0 Å². The van der Waals surface area contributed by atoms with E-state index in [1.165, 1.54) is 96.3 Å². The molecule has 7 nitrogen and oxygen atoms in total. The molecule has 252 valence electrons. The monoisotopic (exact) mass is 611 g/mol. The lowest BCUT2D eigenvalue weighted by molar-refractivity contribution is -0.929. The lowest BCUT2D eigenvalue weighted by atomic mass is 10.0. The fraction of sp³-hybridized carbons (Fsp3) is 0.861. The van der Waals surface area contributed by atoms with E-state index in [-0.39, 0.29) is 0 Å². The van der Waals surface area contributed by atoms with Gasteiger partial charge in [0.15, 0.2) is 0 Å². The van der Waals surface area contributed by atoms with E-state index in [0.717, 1.165) is 19.4 Å². The largest absolute Gasteiger partial charge is 0.481 e. The third-order valence-electron chi connectivity index (χ3n) is 9.27. The highest BCUT2D eigenvalue weighted by Gasteiger charge is 2.31. The summed E-state index contributed by atoms with van der Waals surface area (Å²) in [6.45, 7) is 10.2. The molecule has 3 unspecified atom stereocenters. The zero-order valence-electron chi connectivity index (χ0n) is 28.4. The molecule has 3 atom stereocenters. The zero-order valence-corrected chi connectivity index (χ0v) is 28.4. The molecule has 3 N–H and O–H groups in total. The first-order chi connectivity index (χ1) is 20.5. The second kappa shape index (κ2) is 26.5. The number of hydrogen-bond acceptors (Lipinski definition) is 3. The molecule has 0 heterocycles. The van der Waals surface area contributed by atoms with Crippen LogP contribution in [0.2, 0.25) is 0 Å². The fourth-order valence-electron chi connectivity index (χ4n) is 5.67. The number of nitrogens with zero attached hydrogens (tertiary/aromatic N) is 1. The highest BCUT2D eigenvalue weighted by molar-refractivity contribution is 5.70. The third kappa shape index (κ3) is 23.2. The normalized spacial score (nSPS) is 15.3. The summed E-state index contributed by atoms with van der Waals surface area (Å²) in [6, 6.07) is 0. The number of carboxylic acids is 3. The maximum Gasteiger partial charge on any atom is 0.306 e. The van der Waals surface area contributed by atoms with E-state index >= 15 is 0 Å². The van der Waals surface area contributed by atoms with E-state index in [9.17, 15) is 29.7 Å². The van der Waals surface area contributed by atoms with Crippen LogP contribution in [0.1, 0.15) is 156 Å². The molecule has 0 amide bonds. The van der Waals surface area contributed by atoms with Gasteiger partial charge in [-0.25, -0.2) is 0 Å². The van der Waals surface area contributed by atoms with Crippen molar-refractivity contribution in [2.45, 2.75) is 156 Å². The van der Waals surface area contributed by atoms with Crippen molar-refractivity contribution in [3.05, 3.63) is 12.2 Å². The van der Waals surface area contributed by atoms with Crippen molar-refractivity contribution in [3.8, 4) is 0 Å². The summed E-state index contributed by atoms with van der Waals surface area (Å²) in [5, 5.41) is 28.3. The topological polar surface area (TPSA) is 112 Å². The van der Waals surface area contributed by atoms with Crippen LogP contribution in [0.4, 0.5) is 0 Å². The zero-order chi connectivity index (χ0) is 32.3. The number of carbonyl (C=O) groups is 3. The van der Waals surface area contributed by atoms with Gasteiger partial charge in [0, 0.05) is 19.3 Å². The van der Waals surface area contributed by atoms with Crippen molar-refractivity contribution < 1.29 is 34.2 Å². The summed E-state index contributed by atoms with van der Waals surface area (Å²) >= 11 is 0. The number of allylic oxidation sites excluding steroid dienone is 2. The van der Waals surface area contributed by atoms with E-state index in [1.54, 1.807) is 20.8 Å². The first-order valence-corrected chi connectivity index (χ1v) is 17.7. The van der Waals surface area contributed by atoms with E-state index in [1.807, 2.05) is 0 Å². The molecule has 43 heavy (non-hydrogen) atoms. The average Bonchev–Trinajstić information content (AvgIpc) is 2.97. The molecule has 0 aliphatic rings. The first kappa shape index (κ1) is 41.1. The van der Waals surface area contributed by atoms with E-state index in [4.69, 9.17) is 0 Å². The van der Waals surface area contributed by atoms with Crippen LogP contribution < -0.4 is 0 Å².